The summed E-state index contributed by atoms with van der Waals surface area (Å²) in [4.78, 5) is 0. The summed E-state index contributed by atoms with van der Waals surface area (Å²) in [5, 5.41) is 0. The van der Waals surface area contributed by atoms with Gasteiger partial charge in [-0.25, -0.2) is 0 Å². The monoisotopic (exact) mass is 221 g/mol. The third-order valence-corrected chi connectivity index (χ3v) is 4.42. The third-order valence-electron chi connectivity index (χ3n) is 1.34. The van der Waals surface area contributed by atoms with Crippen LogP contribution < -0.4 is 4.16 Å². The van der Waals surface area contributed by atoms with Crippen molar-refractivity contribution in [3.05, 3.63) is 30.3 Å². The fourth-order valence-electron chi connectivity index (χ4n) is 0.949. The summed E-state index contributed by atoms with van der Waals surface area (Å²) in [7, 11) is 4.32. The molecule has 0 aliphatic carbocycles. The Bertz CT molecular complexity index is 189. The summed E-state index contributed by atoms with van der Waals surface area (Å²) in [5.41, 5.74) is 0. The molecule has 11 heavy (non-hydrogen) atoms. The summed E-state index contributed by atoms with van der Waals surface area (Å²) in [5.74, 6) is 0. The van der Waals surface area contributed by atoms with Crippen molar-refractivity contribution in [2.24, 2.45) is 0 Å². The summed E-state index contributed by atoms with van der Waals surface area (Å²) >= 11 is -0.553. The maximum absolute atomic E-state index is 2.35. The zero-order valence-corrected chi connectivity index (χ0v) is 10.7. The van der Waals surface area contributed by atoms with Gasteiger partial charge in [0.25, 0.3) is 0 Å². The Morgan fingerprint density at radius 2 is 1.64 bits per heavy atom. The minimum absolute atomic E-state index is 0. The number of rotatable bonds is 2. The molecule has 0 bridgehead atoms. The molecule has 0 aliphatic rings. The Kier molecular flexibility index (Phi) is 5.76. The second-order valence-corrected chi connectivity index (χ2v) is 7.75. The van der Waals surface area contributed by atoms with Crippen molar-refractivity contribution in [3.63, 3.8) is 0 Å². The molecule has 3 heteroatoms. The molecule has 0 aromatic heterocycles. The van der Waals surface area contributed by atoms with Crippen molar-refractivity contribution in [1.82, 2.24) is 3.64 Å². The van der Waals surface area contributed by atoms with Gasteiger partial charge in [-0.05, 0) is 0 Å². The predicted octanol–water partition coefficient (Wildman–Crippen LogP) is 1.29. The quantitative estimate of drug-likeness (QED) is 0.683. The normalized spacial score (nSPS) is 8.64. The van der Waals surface area contributed by atoms with Crippen molar-refractivity contribution >= 4 is 16.6 Å². The first-order chi connectivity index (χ1) is 4.79. The fraction of sp³-hybridized carbons (Fsp3) is 0.250. The molecular weight excluding hydrogens is 211 g/mol. The first-order valence-electron chi connectivity index (χ1n) is 3.47. The molecule has 1 rings (SSSR count). The van der Waals surface area contributed by atoms with Crippen LogP contribution in [0.4, 0.5) is 0 Å². The van der Waals surface area contributed by atoms with Crippen LogP contribution in [0.5, 0.6) is 0 Å². The molecule has 0 heterocycles. The van der Waals surface area contributed by atoms with Crippen molar-refractivity contribution < 1.29 is 17.4 Å². The number of nitrogens with zero attached hydrogens (tertiary/aromatic N) is 1. The van der Waals surface area contributed by atoms with Crippen molar-refractivity contribution in [1.29, 1.82) is 0 Å². The first kappa shape index (κ1) is 11.1. The van der Waals surface area contributed by atoms with E-state index >= 15 is 0 Å². The van der Waals surface area contributed by atoms with Crippen molar-refractivity contribution in [2.75, 3.05) is 14.1 Å². The summed E-state index contributed by atoms with van der Waals surface area (Å²) in [6.45, 7) is 0. The Morgan fingerprint density at radius 3 is 2.09 bits per heavy atom. The van der Waals surface area contributed by atoms with Gasteiger partial charge < -0.3 is 0 Å². The van der Waals surface area contributed by atoms with Crippen LogP contribution in [-0.4, -0.2) is 17.7 Å². The molecule has 1 aromatic rings. The van der Waals surface area contributed by atoms with E-state index in [1.807, 2.05) is 0 Å². The SMILES string of the molecule is C[N](C)[Zn][c]1ccccc1.Cl. The van der Waals surface area contributed by atoms with Crippen LogP contribution in [0.3, 0.4) is 0 Å². The molecular formula is C8H12ClNZn. The average molecular weight is 223 g/mol. The molecule has 1 nitrogen and oxygen atoms in total. The Hall–Kier alpha value is 0.0934. The maximum Gasteiger partial charge on any atom is -0.147 e. The van der Waals surface area contributed by atoms with E-state index in [-0.39, 0.29) is 12.4 Å². The fourth-order valence-corrected chi connectivity index (χ4v) is 3.49. The summed E-state index contributed by atoms with van der Waals surface area (Å²) < 4.78 is 3.91. The topological polar surface area (TPSA) is 3.24 Å². The van der Waals surface area contributed by atoms with Gasteiger partial charge in [0.2, 0.25) is 0 Å². The number of benzene rings is 1. The van der Waals surface area contributed by atoms with E-state index in [9.17, 15) is 0 Å². The molecule has 0 N–H and O–H groups in total. The number of hydrogen-bond donors (Lipinski definition) is 0. The minimum Gasteiger partial charge on any atom is -0.147 e. The van der Waals surface area contributed by atoms with Crippen LogP contribution in [-0.2, 0) is 17.4 Å². The van der Waals surface area contributed by atoms with E-state index in [0.717, 1.165) is 0 Å². The molecule has 0 saturated carbocycles. The Labute approximate surface area is 82.1 Å². The third kappa shape index (κ3) is 4.52. The van der Waals surface area contributed by atoms with Gasteiger partial charge >= 0.3 is 69.6 Å². The van der Waals surface area contributed by atoms with Crippen LogP contribution in [0, 0.1) is 0 Å². The second-order valence-electron chi connectivity index (χ2n) is 2.72. The number of halogens is 1. The van der Waals surface area contributed by atoms with E-state index in [1.54, 1.807) is 4.16 Å². The van der Waals surface area contributed by atoms with Gasteiger partial charge in [0.05, 0.1) is 0 Å². The van der Waals surface area contributed by atoms with Crippen LogP contribution in [0.2, 0.25) is 0 Å². The molecule has 0 radical (unpaired) electrons. The second kappa shape index (κ2) is 5.71. The van der Waals surface area contributed by atoms with Gasteiger partial charge in [-0.1, -0.05) is 0 Å². The standard InChI is InChI=1S/C6H5.C2H6N.ClH.Zn/c1-2-4-6-5-3-1;1-3-2;;/h1-5H;1-2H3;1H;/q;-1;;+1. The van der Waals surface area contributed by atoms with Gasteiger partial charge in [0.1, 0.15) is 0 Å². The predicted molar refractivity (Wildman–Crippen MR) is 47.0 cm³/mol. The van der Waals surface area contributed by atoms with E-state index < -0.39 is 17.4 Å². The average Bonchev–Trinajstić information content (AvgIpc) is 1.88. The zero-order valence-electron chi connectivity index (χ0n) is 6.95. The minimum atomic E-state index is -0.553. The number of hydrogen-bond acceptors (Lipinski definition) is 1. The van der Waals surface area contributed by atoms with Crippen LogP contribution in [0.15, 0.2) is 30.3 Å². The van der Waals surface area contributed by atoms with Gasteiger partial charge in [-0.3, -0.25) is 0 Å². The van der Waals surface area contributed by atoms with E-state index in [2.05, 4.69) is 48.1 Å². The van der Waals surface area contributed by atoms with Crippen molar-refractivity contribution in [2.45, 2.75) is 0 Å². The van der Waals surface area contributed by atoms with E-state index in [1.165, 1.54) is 0 Å². The molecule has 0 amide bonds. The summed E-state index contributed by atoms with van der Waals surface area (Å²) in [6, 6.07) is 10.7. The Morgan fingerprint density at radius 1 is 1.09 bits per heavy atom. The van der Waals surface area contributed by atoms with Gasteiger partial charge in [-0.2, -0.15) is 0 Å². The molecule has 1 aromatic carbocycles. The molecule has 0 aliphatic heterocycles. The zero-order chi connectivity index (χ0) is 7.40. The first-order valence-corrected chi connectivity index (χ1v) is 6.29. The van der Waals surface area contributed by atoms with Crippen LogP contribution in [0.25, 0.3) is 0 Å². The molecule has 58 valence electrons. The van der Waals surface area contributed by atoms with Crippen molar-refractivity contribution in [3.8, 4) is 0 Å². The smallest absolute Gasteiger partial charge is 0.147 e. The van der Waals surface area contributed by atoms with Gasteiger partial charge in [0.15, 0.2) is 0 Å². The maximum atomic E-state index is 2.35. The van der Waals surface area contributed by atoms with Gasteiger partial charge in [0, 0.05) is 0 Å². The van der Waals surface area contributed by atoms with Gasteiger partial charge in [-0.15, -0.1) is 12.4 Å². The van der Waals surface area contributed by atoms with E-state index in [4.69, 9.17) is 0 Å². The van der Waals surface area contributed by atoms with Crippen LogP contribution in [0.1, 0.15) is 0 Å². The van der Waals surface area contributed by atoms with E-state index in [0.29, 0.717) is 0 Å². The Balaban J connectivity index is 0.000001000. The van der Waals surface area contributed by atoms with Crippen LogP contribution >= 0.6 is 12.4 Å². The largest absolute Gasteiger partial charge is 0.147 e. The molecule has 0 saturated heterocycles. The molecule has 0 spiro atoms. The molecule has 0 fully saturated rings. The summed E-state index contributed by atoms with van der Waals surface area (Å²) in [6.07, 6.45) is 0. The molecule has 0 atom stereocenters. The molecule has 0 unspecified atom stereocenters.